The molecule has 1 unspecified atom stereocenters. The molecule has 0 bridgehead atoms. The van der Waals surface area contributed by atoms with Gasteiger partial charge in [-0.1, -0.05) is 27.7 Å². The molecular formula is C11H26N2. The highest BCUT2D eigenvalue weighted by atomic mass is 14.9. The van der Waals surface area contributed by atoms with Crippen LogP contribution in [0.25, 0.3) is 0 Å². The molecule has 3 N–H and O–H groups in total. The summed E-state index contributed by atoms with van der Waals surface area (Å²) in [6.07, 6.45) is 2.51. The highest BCUT2D eigenvalue weighted by Crippen LogP contribution is 2.23. The molecule has 0 spiro atoms. The maximum atomic E-state index is 5.59. The topological polar surface area (TPSA) is 38.0 Å². The third kappa shape index (κ3) is 7.03. The lowest BCUT2D eigenvalue weighted by Crippen LogP contribution is -2.30. The number of rotatable bonds is 7. The molecule has 13 heavy (non-hydrogen) atoms. The van der Waals surface area contributed by atoms with Crippen molar-refractivity contribution in [1.82, 2.24) is 5.32 Å². The summed E-state index contributed by atoms with van der Waals surface area (Å²) >= 11 is 0. The van der Waals surface area contributed by atoms with Gasteiger partial charge in [-0.2, -0.15) is 0 Å². The molecule has 80 valence electrons. The van der Waals surface area contributed by atoms with Crippen molar-refractivity contribution in [3.63, 3.8) is 0 Å². The van der Waals surface area contributed by atoms with Crippen LogP contribution < -0.4 is 11.1 Å². The van der Waals surface area contributed by atoms with Crippen molar-refractivity contribution in [1.29, 1.82) is 0 Å². The van der Waals surface area contributed by atoms with Gasteiger partial charge in [0.15, 0.2) is 0 Å². The first-order chi connectivity index (χ1) is 6.02. The van der Waals surface area contributed by atoms with Crippen molar-refractivity contribution in [2.75, 3.05) is 19.6 Å². The van der Waals surface area contributed by atoms with Gasteiger partial charge in [0.25, 0.3) is 0 Å². The van der Waals surface area contributed by atoms with Gasteiger partial charge in [-0.05, 0) is 37.3 Å². The second-order valence-electron chi connectivity index (χ2n) is 4.82. The van der Waals surface area contributed by atoms with Crippen molar-refractivity contribution in [2.45, 2.75) is 40.5 Å². The zero-order valence-electron chi connectivity index (χ0n) is 9.69. The fraction of sp³-hybridized carbons (Fsp3) is 1.00. The van der Waals surface area contributed by atoms with E-state index < -0.39 is 0 Å². The van der Waals surface area contributed by atoms with Gasteiger partial charge < -0.3 is 11.1 Å². The Bertz CT molecular complexity index is 121. The molecule has 0 amide bonds. The minimum Gasteiger partial charge on any atom is -0.330 e. The number of nitrogens with two attached hydrogens (primary N) is 1. The van der Waals surface area contributed by atoms with Gasteiger partial charge in [0.05, 0.1) is 0 Å². The fourth-order valence-corrected chi connectivity index (χ4v) is 1.31. The summed E-state index contributed by atoms with van der Waals surface area (Å²) in [5.41, 5.74) is 6.00. The predicted molar refractivity (Wildman–Crippen MR) is 59.8 cm³/mol. The molecule has 0 aliphatic heterocycles. The van der Waals surface area contributed by atoms with Crippen molar-refractivity contribution < 1.29 is 0 Å². The number of hydrogen-bond donors (Lipinski definition) is 2. The van der Waals surface area contributed by atoms with Crippen molar-refractivity contribution in [3.8, 4) is 0 Å². The van der Waals surface area contributed by atoms with Gasteiger partial charge in [0, 0.05) is 6.54 Å². The fourth-order valence-electron chi connectivity index (χ4n) is 1.31. The first-order valence-corrected chi connectivity index (χ1v) is 5.42. The predicted octanol–water partition coefficient (Wildman–Crippen LogP) is 2.00. The molecule has 0 saturated carbocycles. The Balaban J connectivity index is 3.61. The molecule has 0 aliphatic carbocycles. The average Bonchev–Trinajstić information content (AvgIpc) is 2.11. The lowest BCUT2D eigenvalue weighted by Gasteiger charge is -2.26. The third-order valence-electron chi connectivity index (χ3n) is 2.57. The van der Waals surface area contributed by atoms with E-state index in [1.807, 2.05) is 0 Å². The zero-order chi connectivity index (χ0) is 10.3. The Morgan fingerprint density at radius 3 is 2.46 bits per heavy atom. The maximum absolute atomic E-state index is 5.59. The molecule has 0 aromatic heterocycles. The van der Waals surface area contributed by atoms with E-state index >= 15 is 0 Å². The van der Waals surface area contributed by atoms with E-state index in [0.717, 1.165) is 19.6 Å². The summed E-state index contributed by atoms with van der Waals surface area (Å²) in [4.78, 5) is 0. The van der Waals surface area contributed by atoms with Crippen LogP contribution in [0.1, 0.15) is 40.5 Å². The summed E-state index contributed by atoms with van der Waals surface area (Å²) in [6, 6.07) is 0. The standard InChI is InChI=1S/C11H26N2/c1-5-13-9-11(3,4)7-6-10(2)8-12/h10,13H,5-9,12H2,1-4H3. The van der Waals surface area contributed by atoms with Crippen LogP contribution in [0.4, 0.5) is 0 Å². The molecule has 1 atom stereocenters. The second kappa shape index (κ2) is 6.39. The van der Waals surface area contributed by atoms with Gasteiger partial charge in [-0.3, -0.25) is 0 Å². The van der Waals surface area contributed by atoms with Gasteiger partial charge in [-0.15, -0.1) is 0 Å². The molecule has 2 nitrogen and oxygen atoms in total. The molecule has 0 aliphatic rings. The summed E-state index contributed by atoms with van der Waals surface area (Å²) < 4.78 is 0. The van der Waals surface area contributed by atoms with Gasteiger partial charge in [0.1, 0.15) is 0 Å². The van der Waals surface area contributed by atoms with E-state index in [-0.39, 0.29) is 0 Å². The zero-order valence-corrected chi connectivity index (χ0v) is 9.69. The highest BCUT2D eigenvalue weighted by molar-refractivity contribution is 4.72. The van der Waals surface area contributed by atoms with E-state index in [0.29, 0.717) is 11.3 Å². The smallest absolute Gasteiger partial charge is 0.000240 e. The maximum Gasteiger partial charge on any atom is 0.000240 e. The van der Waals surface area contributed by atoms with E-state index in [1.165, 1.54) is 12.8 Å². The monoisotopic (exact) mass is 186 g/mol. The van der Waals surface area contributed by atoms with Crippen LogP contribution in [0.5, 0.6) is 0 Å². The van der Waals surface area contributed by atoms with Crippen LogP contribution in [0, 0.1) is 11.3 Å². The normalized spacial score (nSPS) is 14.5. The highest BCUT2D eigenvalue weighted by Gasteiger charge is 2.17. The molecule has 2 heteroatoms. The molecule has 0 rings (SSSR count). The summed E-state index contributed by atoms with van der Waals surface area (Å²) in [5, 5.41) is 3.40. The van der Waals surface area contributed by atoms with Crippen LogP contribution in [-0.2, 0) is 0 Å². The SMILES string of the molecule is CCNCC(C)(C)CCC(C)CN. The molecule has 0 aromatic rings. The summed E-state index contributed by atoms with van der Waals surface area (Å²) in [5.74, 6) is 0.668. The minimum atomic E-state index is 0.416. The van der Waals surface area contributed by atoms with Gasteiger partial charge >= 0.3 is 0 Å². The Labute approximate surface area is 83.3 Å². The number of hydrogen-bond acceptors (Lipinski definition) is 2. The third-order valence-corrected chi connectivity index (χ3v) is 2.57. The van der Waals surface area contributed by atoms with Crippen LogP contribution in [-0.4, -0.2) is 19.6 Å². The summed E-state index contributed by atoms with van der Waals surface area (Å²) in [6.45, 7) is 12.0. The second-order valence-corrected chi connectivity index (χ2v) is 4.82. The van der Waals surface area contributed by atoms with Crippen LogP contribution in [0.2, 0.25) is 0 Å². The molecule has 0 heterocycles. The number of nitrogens with one attached hydrogen (secondary N) is 1. The Morgan fingerprint density at radius 1 is 1.38 bits per heavy atom. The van der Waals surface area contributed by atoms with Crippen LogP contribution in [0.15, 0.2) is 0 Å². The van der Waals surface area contributed by atoms with Crippen LogP contribution >= 0.6 is 0 Å². The molecule has 0 saturated heterocycles. The van der Waals surface area contributed by atoms with E-state index in [2.05, 4.69) is 33.0 Å². The Kier molecular flexibility index (Phi) is 6.35. The average molecular weight is 186 g/mol. The molecule has 0 radical (unpaired) electrons. The van der Waals surface area contributed by atoms with Gasteiger partial charge in [-0.25, -0.2) is 0 Å². The lowest BCUT2D eigenvalue weighted by atomic mass is 9.85. The van der Waals surface area contributed by atoms with E-state index in [9.17, 15) is 0 Å². The van der Waals surface area contributed by atoms with Crippen LogP contribution in [0.3, 0.4) is 0 Å². The van der Waals surface area contributed by atoms with E-state index in [1.54, 1.807) is 0 Å². The quantitative estimate of drug-likeness (QED) is 0.638. The van der Waals surface area contributed by atoms with E-state index in [4.69, 9.17) is 5.73 Å². The summed E-state index contributed by atoms with van der Waals surface area (Å²) in [7, 11) is 0. The van der Waals surface area contributed by atoms with Crippen molar-refractivity contribution in [3.05, 3.63) is 0 Å². The lowest BCUT2D eigenvalue weighted by molar-refractivity contribution is 0.288. The molecule has 0 aromatic carbocycles. The first-order valence-electron chi connectivity index (χ1n) is 5.42. The first kappa shape index (κ1) is 12.9. The van der Waals surface area contributed by atoms with Crippen molar-refractivity contribution in [2.24, 2.45) is 17.1 Å². The minimum absolute atomic E-state index is 0.416. The largest absolute Gasteiger partial charge is 0.330 e. The molecular weight excluding hydrogens is 160 g/mol. The Hall–Kier alpha value is -0.0800. The van der Waals surface area contributed by atoms with Gasteiger partial charge in [0.2, 0.25) is 0 Å². The Morgan fingerprint density at radius 2 is 2.00 bits per heavy atom. The van der Waals surface area contributed by atoms with Crippen molar-refractivity contribution >= 4 is 0 Å². The molecule has 0 fully saturated rings.